The van der Waals surface area contributed by atoms with Gasteiger partial charge in [0.2, 0.25) is 0 Å². The summed E-state index contributed by atoms with van der Waals surface area (Å²) in [5.41, 5.74) is -0.338. The molecule has 3 N–H and O–H groups in total. The predicted octanol–water partition coefficient (Wildman–Crippen LogP) is 3.05. The second kappa shape index (κ2) is 8.21. The first-order chi connectivity index (χ1) is 12.2. The van der Waals surface area contributed by atoms with Crippen molar-refractivity contribution in [3.05, 3.63) is 64.7 Å². The van der Waals surface area contributed by atoms with Crippen molar-refractivity contribution in [2.24, 2.45) is 0 Å². The monoisotopic (exact) mass is 377 g/mol. The lowest BCUT2D eigenvalue weighted by molar-refractivity contribution is -0.152. The average Bonchev–Trinajstić information content (AvgIpc) is 2.60. The molecule has 1 unspecified atom stereocenters. The van der Waals surface area contributed by atoms with Crippen LogP contribution in [0.25, 0.3) is 0 Å². The highest BCUT2D eigenvalue weighted by Crippen LogP contribution is 2.22. The Labute approximate surface area is 156 Å². The third-order valence-electron chi connectivity index (χ3n) is 3.72. The standard InChI is InChI=1S/C19H20ClNO5/c1-19(2,18(24)25)26-15-9-5-12(6-10-15)16(22)11-21-17(23)13-3-7-14(20)8-4-13/h3-10,16,22H,11H2,1-2H3,(H,21,23)(H,24,25). The number of hydrogen-bond acceptors (Lipinski definition) is 4. The van der Waals surface area contributed by atoms with Gasteiger partial charge in [-0.25, -0.2) is 4.79 Å². The van der Waals surface area contributed by atoms with Gasteiger partial charge in [0.15, 0.2) is 5.60 Å². The average molecular weight is 378 g/mol. The zero-order valence-corrected chi connectivity index (χ0v) is 15.2. The molecule has 0 aliphatic carbocycles. The molecule has 0 heterocycles. The van der Waals surface area contributed by atoms with E-state index in [0.717, 1.165) is 0 Å². The Morgan fingerprint density at radius 2 is 1.69 bits per heavy atom. The minimum Gasteiger partial charge on any atom is -0.478 e. The number of amides is 1. The summed E-state index contributed by atoms with van der Waals surface area (Å²) in [7, 11) is 0. The normalized spacial score (nSPS) is 12.3. The summed E-state index contributed by atoms with van der Waals surface area (Å²) < 4.78 is 5.40. The minimum absolute atomic E-state index is 0.0300. The summed E-state index contributed by atoms with van der Waals surface area (Å²) in [6.45, 7) is 2.93. The van der Waals surface area contributed by atoms with Crippen molar-refractivity contribution in [1.29, 1.82) is 0 Å². The Morgan fingerprint density at radius 3 is 2.23 bits per heavy atom. The van der Waals surface area contributed by atoms with Crippen molar-refractivity contribution in [2.45, 2.75) is 25.6 Å². The summed E-state index contributed by atoms with van der Waals surface area (Å²) in [4.78, 5) is 23.1. The number of carbonyl (C=O) groups excluding carboxylic acids is 1. The molecule has 0 fully saturated rings. The van der Waals surface area contributed by atoms with Crippen molar-refractivity contribution < 1.29 is 24.5 Å². The minimum atomic E-state index is -1.35. The van der Waals surface area contributed by atoms with Crippen LogP contribution < -0.4 is 10.1 Å². The van der Waals surface area contributed by atoms with Crippen LogP contribution in [0.15, 0.2) is 48.5 Å². The first-order valence-corrected chi connectivity index (χ1v) is 8.31. The molecule has 2 rings (SSSR count). The number of hydrogen-bond donors (Lipinski definition) is 3. The van der Waals surface area contributed by atoms with E-state index in [1.54, 1.807) is 48.5 Å². The number of ether oxygens (including phenoxy) is 1. The topological polar surface area (TPSA) is 95.9 Å². The molecular formula is C19H20ClNO5. The molecule has 1 atom stereocenters. The first-order valence-electron chi connectivity index (χ1n) is 7.93. The predicted molar refractivity (Wildman–Crippen MR) is 97.5 cm³/mol. The molecule has 2 aromatic rings. The summed E-state index contributed by atoms with van der Waals surface area (Å²) >= 11 is 5.78. The summed E-state index contributed by atoms with van der Waals surface area (Å²) in [5, 5.41) is 22.4. The van der Waals surface area contributed by atoms with E-state index in [4.69, 9.17) is 21.4 Å². The van der Waals surface area contributed by atoms with Crippen molar-refractivity contribution in [3.8, 4) is 5.75 Å². The third-order valence-corrected chi connectivity index (χ3v) is 3.97. The molecule has 1 amide bonds. The molecule has 0 spiro atoms. The zero-order chi connectivity index (χ0) is 19.3. The lowest BCUT2D eigenvalue weighted by atomic mass is 10.1. The van der Waals surface area contributed by atoms with Gasteiger partial charge in [-0.2, -0.15) is 0 Å². The SMILES string of the molecule is CC(C)(Oc1ccc(C(O)CNC(=O)c2ccc(Cl)cc2)cc1)C(=O)O. The lowest BCUT2D eigenvalue weighted by Crippen LogP contribution is -2.37. The van der Waals surface area contributed by atoms with E-state index in [9.17, 15) is 14.7 Å². The fraction of sp³-hybridized carbons (Fsp3) is 0.263. The largest absolute Gasteiger partial charge is 0.478 e. The maximum absolute atomic E-state index is 12.0. The van der Waals surface area contributed by atoms with Crippen LogP contribution >= 0.6 is 11.6 Å². The van der Waals surface area contributed by atoms with Gasteiger partial charge in [-0.15, -0.1) is 0 Å². The van der Waals surface area contributed by atoms with E-state index >= 15 is 0 Å². The number of carboxylic acid groups (broad SMARTS) is 1. The van der Waals surface area contributed by atoms with Crippen molar-refractivity contribution in [2.75, 3.05) is 6.54 Å². The number of halogens is 1. The van der Waals surface area contributed by atoms with Gasteiger partial charge in [-0.3, -0.25) is 4.79 Å². The van der Waals surface area contributed by atoms with E-state index in [0.29, 0.717) is 21.9 Å². The van der Waals surface area contributed by atoms with Crippen molar-refractivity contribution >= 4 is 23.5 Å². The molecule has 0 aromatic heterocycles. The number of benzene rings is 2. The number of carbonyl (C=O) groups is 2. The van der Waals surface area contributed by atoms with Gasteiger partial charge >= 0.3 is 5.97 Å². The quantitative estimate of drug-likeness (QED) is 0.689. The van der Waals surface area contributed by atoms with E-state index in [2.05, 4.69) is 5.32 Å². The number of aliphatic hydroxyl groups is 1. The van der Waals surface area contributed by atoms with Gasteiger partial charge in [0.1, 0.15) is 5.75 Å². The second-order valence-corrected chi connectivity index (χ2v) is 6.66. The van der Waals surface area contributed by atoms with E-state index in [1.807, 2.05) is 0 Å². The molecule has 0 aliphatic heterocycles. The first kappa shape index (κ1) is 19.8. The summed E-state index contributed by atoms with van der Waals surface area (Å²) in [6.07, 6.45) is -0.909. The molecule has 6 nitrogen and oxygen atoms in total. The van der Waals surface area contributed by atoms with E-state index in [-0.39, 0.29) is 12.5 Å². The Hall–Kier alpha value is -2.57. The molecular weight excluding hydrogens is 358 g/mol. The number of aliphatic carboxylic acids is 1. The van der Waals surface area contributed by atoms with Gasteiger partial charge in [0.05, 0.1) is 6.10 Å². The smallest absolute Gasteiger partial charge is 0.347 e. The molecule has 0 saturated heterocycles. The molecule has 2 aromatic carbocycles. The van der Waals surface area contributed by atoms with Crippen LogP contribution in [0.5, 0.6) is 5.75 Å². The van der Waals surface area contributed by atoms with E-state index < -0.39 is 17.7 Å². The summed E-state index contributed by atoms with van der Waals surface area (Å²) in [6, 6.07) is 12.8. The van der Waals surface area contributed by atoms with Gasteiger partial charge in [0, 0.05) is 17.1 Å². The molecule has 0 aliphatic rings. The Balaban J connectivity index is 1.93. The van der Waals surface area contributed by atoms with Crippen LogP contribution in [-0.4, -0.2) is 34.2 Å². The lowest BCUT2D eigenvalue weighted by Gasteiger charge is -2.21. The number of aliphatic hydroxyl groups excluding tert-OH is 1. The van der Waals surface area contributed by atoms with Crippen LogP contribution in [0.4, 0.5) is 0 Å². The van der Waals surface area contributed by atoms with Crippen LogP contribution in [0, 0.1) is 0 Å². The molecule has 26 heavy (non-hydrogen) atoms. The van der Waals surface area contributed by atoms with Crippen LogP contribution in [0.1, 0.15) is 35.9 Å². The molecule has 0 bridgehead atoms. The van der Waals surface area contributed by atoms with E-state index in [1.165, 1.54) is 13.8 Å². The van der Waals surface area contributed by atoms with Crippen LogP contribution in [0.3, 0.4) is 0 Å². The second-order valence-electron chi connectivity index (χ2n) is 6.22. The Bertz CT molecular complexity index is 772. The van der Waals surface area contributed by atoms with Gasteiger partial charge in [0.25, 0.3) is 5.91 Å². The van der Waals surface area contributed by atoms with Gasteiger partial charge in [-0.1, -0.05) is 23.7 Å². The fourth-order valence-electron chi connectivity index (χ4n) is 2.11. The van der Waals surface area contributed by atoms with Crippen molar-refractivity contribution in [1.82, 2.24) is 5.32 Å². The maximum Gasteiger partial charge on any atom is 0.347 e. The molecule has 138 valence electrons. The Morgan fingerprint density at radius 1 is 1.12 bits per heavy atom. The highest BCUT2D eigenvalue weighted by Gasteiger charge is 2.29. The highest BCUT2D eigenvalue weighted by molar-refractivity contribution is 6.30. The summed E-state index contributed by atoms with van der Waals surface area (Å²) in [5.74, 6) is -1.02. The fourth-order valence-corrected chi connectivity index (χ4v) is 2.23. The van der Waals surface area contributed by atoms with Crippen LogP contribution in [0.2, 0.25) is 5.02 Å². The number of nitrogens with one attached hydrogen (secondary N) is 1. The zero-order valence-electron chi connectivity index (χ0n) is 14.4. The van der Waals surface area contributed by atoms with Crippen LogP contribution in [-0.2, 0) is 4.79 Å². The number of carboxylic acids is 1. The highest BCUT2D eigenvalue weighted by atomic mass is 35.5. The Kier molecular flexibility index (Phi) is 6.23. The third kappa shape index (κ3) is 5.21. The number of rotatable bonds is 7. The maximum atomic E-state index is 12.0. The molecule has 7 heteroatoms. The molecule has 0 saturated carbocycles. The van der Waals surface area contributed by atoms with Gasteiger partial charge in [-0.05, 0) is 55.8 Å². The van der Waals surface area contributed by atoms with Crippen molar-refractivity contribution in [3.63, 3.8) is 0 Å². The van der Waals surface area contributed by atoms with Gasteiger partial charge < -0.3 is 20.3 Å². The molecule has 0 radical (unpaired) electrons.